The van der Waals surface area contributed by atoms with Crippen molar-refractivity contribution in [3.8, 4) is 5.75 Å². The first-order valence-corrected chi connectivity index (χ1v) is 8.55. The van der Waals surface area contributed by atoms with Gasteiger partial charge in [-0.05, 0) is 18.6 Å². The SMILES string of the molecule is CCCCOC(=O)c1cc2sc(C(=O)O)c(OCC(=O)O)c2cc1Cl. The summed E-state index contributed by atoms with van der Waals surface area (Å²) < 4.78 is 10.7. The van der Waals surface area contributed by atoms with Crippen molar-refractivity contribution in [1.82, 2.24) is 0 Å². The fourth-order valence-electron chi connectivity index (χ4n) is 2.06. The van der Waals surface area contributed by atoms with E-state index in [9.17, 15) is 19.5 Å². The van der Waals surface area contributed by atoms with Crippen LogP contribution in [0.25, 0.3) is 10.1 Å². The lowest BCUT2D eigenvalue weighted by molar-refractivity contribution is -0.139. The molecule has 0 saturated carbocycles. The third-order valence-corrected chi connectivity index (χ3v) is 4.65. The van der Waals surface area contributed by atoms with Crippen LogP contribution in [0.4, 0.5) is 0 Å². The Labute approximate surface area is 151 Å². The van der Waals surface area contributed by atoms with Gasteiger partial charge < -0.3 is 19.7 Å². The van der Waals surface area contributed by atoms with Gasteiger partial charge in [0.2, 0.25) is 0 Å². The molecule has 0 aliphatic rings. The van der Waals surface area contributed by atoms with Gasteiger partial charge in [0.15, 0.2) is 17.2 Å². The maximum atomic E-state index is 12.1. The molecule has 0 bridgehead atoms. The lowest BCUT2D eigenvalue weighted by Crippen LogP contribution is -2.11. The Balaban J connectivity index is 2.44. The van der Waals surface area contributed by atoms with Crippen LogP contribution in [0, 0.1) is 0 Å². The minimum atomic E-state index is -1.26. The maximum absolute atomic E-state index is 12.1. The fourth-order valence-corrected chi connectivity index (χ4v) is 3.30. The van der Waals surface area contributed by atoms with Crippen LogP contribution in [0.15, 0.2) is 12.1 Å². The van der Waals surface area contributed by atoms with Crippen molar-refractivity contribution in [1.29, 1.82) is 0 Å². The third-order valence-electron chi connectivity index (χ3n) is 3.22. The Kier molecular flexibility index (Phi) is 6.22. The van der Waals surface area contributed by atoms with Crippen LogP contribution in [0.2, 0.25) is 5.02 Å². The predicted molar refractivity (Wildman–Crippen MR) is 92.1 cm³/mol. The number of rotatable bonds is 8. The molecule has 2 aromatic rings. The van der Waals surface area contributed by atoms with Crippen molar-refractivity contribution in [2.45, 2.75) is 19.8 Å². The zero-order valence-corrected chi connectivity index (χ0v) is 14.8. The van der Waals surface area contributed by atoms with Crippen LogP contribution in [-0.4, -0.2) is 41.3 Å². The molecule has 0 saturated heterocycles. The first-order valence-electron chi connectivity index (χ1n) is 7.36. The number of fused-ring (bicyclic) bond motifs is 1. The van der Waals surface area contributed by atoms with Crippen molar-refractivity contribution in [3.63, 3.8) is 0 Å². The number of ether oxygens (including phenoxy) is 2. The Bertz CT molecular complexity index is 827. The molecule has 9 heteroatoms. The summed E-state index contributed by atoms with van der Waals surface area (Å²) in [7, 11) is 0. The topological polar surface area (TPSA) is 110 Å². The number of hydrogen-bond acceptors (Lipinski definition) is 6. The van der Waals surface area contributed by atoms with Crippen LogP contribution >= 0.6 is 22.9 Å². The van der Waals surface area contributed by atoms with Gasteiger partial charge in [0, 0.05) is 10.1 Å². The maximum Gasteiger partial charge on any atom is 0.349 e. The molecule has 0 aliphatic carbocycles. The highest BCUT2D eigenvalue weighted by atomic mass is 35.5. The Morgan fingerprint density at radius 3 is 2.56 bits per heavy atom. The van der Waals surface area contributed by atoms with E-state index in [-0.39, 0.29) is 27.8 Å². The highest BCUT2D eigenvalue weighted by Crippen LogP contribution is 2.40. The molecule has 25 heavy (non-hydrogen) atoms. The normalized spacial score (nSPS) is 10.6. The molecule has 2 N–H and O–H groups in total. The smallest absolute Gasteiger partial charge is 0.349 e. The van der Waals surface area contributed by atoms with E-state index >= 15 is 0 Å². The van der Waals surface area contributed by atoms with Gasteiger partial charge in [-0.25, -0.2) is 14.4 Å². The van der Waals surface area contributed by atoms with Gasteiger partial charge >= 0.3 is 17.9 Å². The number of thiophene rings is 1. The first-order chi connectivity index (χ1) is 11.8. The zero-order chi connectivity index (χ0) is 18.6. The van der Waals surface area contributed by atoms with Crippen LogP contribution in [-0.2, 0) is 9.53 Å². The van der Waals surface area contributed by atoms with E-state index in [1.165, 1.54) is 12.1 Å². The number of carboxylic acid groups (broad SMARTS) is 2. The average molecular weight is 387 g/mol. The molecule has 0 amide bonds. The van der Waals surface area contributed by atoms with Crippen molar-refractivity contribution in [2.24, 2.45) is 0 Å². The number of halogens is 1. The molecule has 134 valence electrons. The second-order valence-corrected chi connectivity index (χ2v) is 6.52. The minimum Gasteiger partial charge on any atom is -0.479 e. The quantitative estimate of drug-likeness (QED) is 0.526. The summed E-state index contributed by atoms with van der Waals surface area (Å²) in [5.74, 6) is -3.18. The van der Waals surface area contributed by atoms with Gasteiger partial charge in [0.05, 0.1) is 17.2 Å². The molecule has 0 unspecified atom stereocenters. The van der Waals surface area contributed by atoms with Gasteiger partial charge in [0.1, 0.15) is 0 Å². The summed E-state index contributed by atoms with van der Waals surface area (Å²) >= 11 is 6.99. The molecule has 1 aromatic heterocycles. The highest BCUT2D eigenvalue weighted by Gasteiger charge is 2.23. The van der Waals surface area contributed by atoms with E-state index in [1.807, 2.05) is 6.92 Å². The van der Waals surface area contributed by atoms with Crippen molar-refractivity contribution in [3.05, 3.63) is 27.6 Å². The molecule has 0 radical (unpaired) electrons. The number of aromatic carboxylic acids is 1. The van der Waals surface area contributed by atoms with Crippen LogP contribution in [0.3, 0.4) is 0 Å². The number of carbonyl (C=O) groups is 3. The number of carbonyl (C=O) groups excluding carboxylic acids is 1. The van der Waals surface area contributed by atoms with Crippen LogP contribution in [0.5, 0.6) is 5.75 Å². The monoisotopic (exact) mass is 386 g/mol. The number of aliphatic carboxylic acids is 1. The summed E-state index contributed by atoms with van der Waals surface area (Å²) in [4.78, 5) is 34.0. The molecule has 1 heterocycles. The number of hydrogen-bond donors (Lipinski definition) is 2. The lowest BCUT2D eigenvalue weighted by Gasteiger charge is -2.07. The Hall–Kier alpha value is -2.32. The summed E-state index contributed by atoms with van der Waals surface area (Å²) in [5, 5.41) is 18.4. The molecule has 2 rings (SSSR count). The van der Waals surface area contributed by atoms with E-state index in [0.29, 0.717) is 10.1 Å². The number of unbranched alkanes of at least 4 members (excludes halogenated alkanes) is 1. The number of carboxylic acids is 2. The molecule has 0 fully saturated rings. The van der Waals surface area contributed by atoms with Gasteiger partial charge in [-0.2, -0.15) is 0 Å². The average Bonchev–Trinajstić information content (AvgIpc) is 2.90. The summed E-state index contributed by atoms with van der Waals surface area (Å²) in [6.45, 7) is 1.54. The Morgan fingerprint density at radius 1 is 1.24 bits per heavy atom. The lowest BCUT2D eigenvalue weighted by atomic mass is 10.1. The molecule has 0 atom stereocenters. The van der Waals surface area contributed by atoms with Gasteiger partial charge in [-0.15, -0.1) is 11.3 Å². The Morgan fingerprint density at radius 2 is 1.96 bits per heavy atom. The largest absolute Gasteiger partial charge is 0.479 e. The van der Waals surface area contributed by atoms with E-state index in [1.54, 1.807) is 0 Å². The number of esters is 1. The third kappa shape index (κ3) is 4.40. The molecule has 7 nitrogen and oxygen atoms in total. The van der Waals surface area contributed by atoms with Gasteiger partial charge in [-0.1, -0.05) is 24.9 Å². The van der Waals surface area contributed by atoms with E-state index in [0.717, 1.165) is 24.2 Å². The van der Waals surface area contributed by atoms with Crippen LogP contribution < -0.4 is 4.74 Å². The van der Waals surface area contributed by atoms with Gasteiger partial charge in [0.25, 0.3) is 0 Å². The standard InChI is InChI=1S/C16H15ClO7S/c1-2-3-4-23-16(22)8-6-11-9(5-10(8)17)13(24-7-12(18)19)14(25-11)15(20)21/h5-6H,2-4,7H2,1H3,(H,18,19)(H,20,21). The van der Waals surface area contributed by atoms with Crippen LogP contribution in [0.1, 0.15) is 39.8 Å². The molecule has 1 aromatic carbocycles. The van der Waals surface area contributed by atoms with E-state index in [4.69, 9.17) is 26.2 Å². The van der Waals surface area contributed by atoms with Crippen molar-refractivity contribution >= 4 is 50.9 Å². The number of benzene rings is 1. The highest BCUT2D eigenvalue weighted by molar-refractivity contribution is 7.21. The predicted octanol–water partition coefficient (Wildman–Crippen LogP) is 3.67. The summed E-state index contributed by atoms with van der Waals surface area (Å²) in [5.41, 5.74) is 0.119. The molecule has 0 spiro atoms. The van der Waals surface area contributed by atoms with Crippen molar-refractivity contribution in [2.75, 3.05) is 13.2 Å². The summed E-state index contributed by atoms with van der Waals surface area (Å²) in [6, 6.07) is 2.81. The molecular weight excluding hydrogens is 372 g/mol. The van der Waals surface area contributed by atoms with Crippen molar-refractivity contribution < 1.29 is 34.1 Å². The summed E-state index contributed by atoms with van der Waals surface area (Å²) in [6.07, 6.45) is 1.60. The van der Waals surface area contributed by atoms with E-state index in [2.05, 4.69) is 0 Å². The van der Waals surface area contributed by atoms with E-state index < -0.39 is 24.5 Å². The first kappa shape index (κ1) is 19.0. The minimum absolute atomic E-state index is 0.0731. The molecular formula is C16H15ClO7S. The molecule has 0 aliphatic heterocycles. The fraction of sp³-hybridized carbons (Fsp3) is 0.312. The zero-order valence-electron chi connectivity index (χ0n) is 13.2. The second-order valence-electron chi connectivity index (χ2n) is 5.07. The van der Waals surface area contributed by atoms with Gasteiger partial charge in [-0.3, -0.25) is 0 Å². The second kappa shape index (κ2) is 8.17.